The van der Waals surface area contributed by atoms with Crippen molar-refractivity contribution in [2.24, 2.45) is 0 Å². The van der Waals surface area contributed by atoms with E-state index in [-0.39, 0.29) is 5.91 Å². The summed E-state index contributed by atoms with van der Waals surface area (Å²) in [5.74, 6) is -0.794. The van der Waals surface area contributed by atoms with Crippen molar-refractivity contribution in [1.29, 1.82) is 0 Å². The summed E-state index contributed by atoms with van der Waals surface area (Å²) in [7, 11) is 0. The molecule has 0 radical (unpaired) electrons. The van der Waals surface area contributed by atoms with E-state index in [0.717, 1.165) is 19.3 Å². The topological polar surface area (TPSA) is 78.4 Å². The summed E-state index contributed by atoms with van der Waals surface area (Å²) in [4.78, 5) is 23.4. The monoisotopic (exact) mass is 312 g/mol. The minimum atomic E-state index is -0.592. The first-order chi connectivity index (χ1) is 11.1. The van der Waals surface area contributed by atoms with E-state index in [1.54, 1.807) is 17.6 Å². The molecule has 0 aliphatic heterocycles. The molecule has 0 atom stereocenters. The second-order valence-electron chi connectivity index (χ2n) is 5.27. The highest BCUT2D eigenvalue weighted by Gasteiger charge is 2.07. The third-order valence-electron chi connectivity index (χ3n) is 3.54. The van der Waals surface area contributed by atoms with Gasteiger partial charge in [0.2, 0.25) is 0 Å². The van der Waals surface area contributed by atoms with Crippen LogP contribution in [0.4, 0.5) is 5.69 Å². The van der Waals surface area contributed by atoms with Crippen LogP contribution in [-0.4, -0.2) is 17.0 Å². The van der Waals surface area contributed by atoms with Crippen molar-refractivity contribution in [3.8, 4) is 0 Å². The van der Waals surface area contributed by atoms with Gasteiger partial charge in [0, 0.05) is 16.8 Å². The Morgan fingerprint density at radius 2 is 1.48 bits per heavy atom. The third-order valence-corrected chi connectivity index (χ3v) is 3.54. The standard InChI is InChI=1S/C18H20N2O3/c1-2-3-4-13-5-7-14(8-6-13)17(21)19-16-11-9-15(10-12-16)18(22)20-23/h5-12,23H,2-4H2,1H3,(H,19,21)(H,20,22). The van der Waals surface area contributed by atoms with Crippen molar-refractivity contribution in [1.82, 2.24) is 5.48 Å². The largest absolute Gasteiger partial charge is 0.322 e. The molecule has 120 valence electrons. The zero-order valence-corrected chi connectivity index (χ0v) is 13.0. The van der Waals surface area contributed by atoms with Crippen LogP contribution in [0.25, 0.3) is 0 Å². The molecule has 0 heterocycles. The van der Waals surface area contributed by atoms with Gasteiger partial charge in [0.15, 0.2) is 0 Å². The lowest BCUT2D eigenvalue weighted by Crippen LogP contribution is -2.18. The number of benzene rings is 2. The first kappa shape index (κ1) is 16.7. The SMILES string of the molecule is CCCCc1ccc(C(=O)Nc2ccc(C(=O)NO)cc2)cc1. The normalized spacial score (nSPS) is 10.2. The quantitative estimate of drug-likeness (QED) is 0.565. The van der Waals surface area contributed by atoms with E-state index >= 15 is 0 Å². The highest BCUT2D eigenvalue weighted by Crippen LogP contribution is 2.13. The molecule has 0 saturated heterocycles. The Labute approximate surface area is 135 Å². The van der Waals surface area contributed by atoms with Gasteiger partial charge in [-0.3, -0.25) is 14.8 Å². The van der Waals surface area contributed by atoms with Gasteiger partial charge in [-0.25, -0.2) is 5.48 Å². The molecule has 0 spiro atoms. The number of hydroxylamine groups is 1. The minimum absolute atomic E-state index is 0.202. The summed E-state index contributed by atoms with van der Waals surface area (Å²) in [6.45, 7) is 2.15. The third kappa shape index (κ3) is 4.66. The molecule has 0 bridgehead atoms. The van der Waals surface area contributed by atoms with Gasteiger partial charge in [0.05, 0.1) is 0 Å². The summed E-state index contributed by atoms with van der Waals surface area (Å²) in [6, 6.07) is 13.8. The summed E-state index contributed by atoms with van der Waals surface area (Å²) < 4.78 is 0. The smallest absolute Gasteiger partial charge is 0.274 e. The molecule has 0 saturated carbocycles. The maximum atomic E-state index is 12.2. The molecular weight excluding hydrogens is 292 g/mol. The molecule has 2 amide bonds. The number of unbranched alkanes of at least 4 members (excludes halogenated alkanes) is 1. The lowest BCUT2D eigenvalue weighted by molar-refractivity contribution is 0.0706. The summed E-state index contributed by atoms with van der Waals surface area (Å²) in [5.41, 5.74) is 4.26. The number of nitrogens with one attached hydrogen (secondary N) is 2. The molecule has 0 aliphatic rings. The van der Waals surface area contributed by atoms with Crippen molar-refractivity contribution < 1.29 is 14.8 Å². The number of aryl methyl sites for hydroxylation is 1. The van der Waals surface area contributed by atoms with E-state index in [1.807, 2.05) is 24.3 Å². The van der Waals surface area contributed by atoms with Gasteiger partial charge in [-0.05, 0) is 54.8 Å². The molecule has 0 aromatic heterocycles. The molecule has 2 rings (SSSR count). The van der Waals surface area contributed by atoms with Gasteiger partial charge in [0.25, 0.3) is 11.8 Å². The first-order valence-corrected chi connectivity index (χ1v) is 7.59. The van der Waals surface area contributed by atoms with Gasteiger partial charge >= 0.3 is 0 Å². The average molecular weight is 312 g/mol. The molecule has 2 aromatic rings. The molecule has 0 aliphatic carbocycles. The summed E-state index contributed by atoms with van der Waals surface area (Å²) in [5, 5.41) is 11.3. The van der Waals surface area contributed by atoms with Crippen LogP contribution >= 0.6 is 0 Å². The summed E-state index contributed by atoms with van der Waals surface area (Å²) in [6.07, 6.45) is 3.30. The van der Waals surface area contributed by atoms with Gasteiger partial charge in [-0.15, -0.1) is 0 Å². The molecule has 3 N–H and O–H groups in total. The van der Waals surface area contributed by atoms with Gasteiger partial charge in [-0.1, -0.05) is 25.5 Å². The molecule has 0 fully saturated rings. The van der Waals surface area contributed by atoms with Crippen molar-refractivity contribution in [2.75, 3.05) is 5.32 Å². The fourth-order valence-corrected chi connectivity index (χ4v) is 2.18. The number of amides is 2. The van der Waals surface area contributed by atoms with Crippen molar-refractivity contribution >= 4 is 17.5 Å². The van der Waals surface area contributed by atoms with Crippen LogP contribution in [0, 0.1) is 0 Å². The van der Waals surface area contributed by atoms with Crippen LogP contribution in [0.2, 0.25) is 0 Å². The van der Waals surface area contributed by atoms with Crippen molar-refractivity contribution in [3.05, 3.63) is 65.2 Å². The molecule has 23 heavy (non-hydrogen) atoms. The maximum absolute atomic E-state index is 12.2. The Hall–Kier alpha value is -2.66. The Balaban J connectivity index is 1.99. The lowest BCUT2D eigenvalue weighted by atomic mass is 10.1. The predicted octanol–water partition coefficient (Wildman–Crippen LogP) is 3.40. The van der Waals surface area contributed by atoms with E-state index in [2.05, 4.69) is 12.2 Å². The Morgan fingerprint density at radius 1 is 0.913 bits per heavy atom. The number of anilines is 1. The maximum Gasteiger partial charge on any atom is 0.274 e. The van der Waals surface area contributed by atoms with E-state index < -0.39 is 5.91 Å². The molecule has 5 nitrogen and oxygen atoms in total. The molecule has 2 aromatic carbocycles. The van der Waals surface area contributed by atoms with Gasteiger partial charge < -0.3 is 5.32 Å². The average Bonchev–Trinajstić information content (AvgIpc) is 2.60. The molecule has 0 unspecified atom stereocenters. The highest BCUT2D eigenvalue weighted by molar-refractivity contribution is 6.04. The zero-order valence-electron chi connectivity index (χ0n) is 13.0. The molecule has 5 heteroatoms. The first-order valence-electron chi connectivity index (χ1n) is 7.59. The van der Waals surface area contributed by atoms with Crippen molar-refractivity contribution in [3.63, 3.8) is 0 Å². The van der Waals surface area contributed by atoms with Crippen LogP contribution in [0.3, 0.4) is 0 Å². The van der Waals surface area contributed by atoms with Crippen LogP contribution in [0.5, 0.6) is 0 Å². The Kier molecular flexibility index (Phi) is 5.88. The number of carbonyl (C=O) groups excluding carboxylic acids is 2. The summed E-state index contributed by atoms with van der Waals surface area (Å²) >= 11 is 0. The van der Waals surface area contributed by atoms with Crippen LogP contribution in [0.15, 0.2) is 48.5 Å². The van der Waals surface area contributed by atoms with Crippen molar-refractivity contribution in [2.45, 2.75) is 26.2 Å². The van der Waals surface area contributed by atoms with Gasteiger partial charge in [0.1, 0.15) is 0 Å². The van der Waals surface area contributed by atoms with E-state index in [4.69, 9.17) is 5.21 Å². The van der Waals surface area contributed by atoms with E-state index in [0.29, 0.717) is 16.8 Å². The fraction of sp³-hybridized carbons (Fsp3) is 0.222. The Bertz CT molecular complexity index is 664. The predicted molar refractivity (Wildman–Crippen MR) is 88.7 cm³/mol. The number of hydrogen-bond donors (Lipinski definition) is 3. The van der Waals surface area contributed by atoms with Crippen LogP contribution in [0.1, 0.15) is 46.0 Å². The van der Waals surface area contributed by atoms with Crippen LogP contribution in [-0.2, 0) is 6.42 Å². The fourth-order valence-electron chi connectivity index (χ4n) is 2.18. The molecular formula is C18H20N2O3. The highest BCUT2D eigenvalue weighted by atomic mass is 16.5. The Morgan fingerprint density at radius 3 is 2.04 bits per heavy atom. The second kappa shape index (κ2) is 8.10. The number of carbonyl (C=O) groups is 2. The minimum Gasteiger partial charge on any atom is -0.322 e. The van der Waals surface area contributed by atoms with Gasteiger partial charge in [-0.2, -0.15) is 0 Å². The van der Waals surface area contributed by atoms with Crippen LogP contribution < -0.4 is 10.8 Å². The lowest BCUT2D eigenvalue weighted by Gasteiger charge is -2.07. The number of hydrogen-bond acceptors (Lipinski definition) is 3. The zero-order chi connectivity index (χ0) is 16.7. The second-order valence-corrected chi connectivity index (χ2v) is 5.27. The van der Waals surface area contributed by atoms with E-state index in [9.17, 15) is 9.59 Å². The van der Waals surface area contributed by atoms with E-state index in [1.165, 1.54) is 17.7 Å². The number of rotatable bonds is 6.